The van der Waals surface area contributed by atoms with Gasteiger partial charge in [0, 0.05) is 11.1 Å². The molecule has 0 bridgehead atoms. The third-order valence-electron chi connectivity index (χ3n) is 3.73. The monoisotopic (exact) mass is 306 g/mol. The first kappa shape index (κ1) is 16.0. The van der Waals surface area contributed by atoms with Gasteiger partial charge in [0.25, 0.3) is 0 Å². The number of benzene rings is 2. The standard InChI is InChI=1S/C17H20ClFN2/c1-12-4-2-3-5-13(12)6-8-16(21-20)11-14-10-15(18)7-9-17(14)19/h2-5,7,9-10,16,21H,6,8,11,20H2,1H3. The van der Waals surface area contributed by atoms with Crippen LogP contribution in [0.25, 0.3) is 0 Å². The lowest BCUT2D eigenvalue weighted by Gasteiger charge is -2.17. The normalized spacial score (nSPS) is 12.4. The van der Waals surface area contributed by atoms with Gasteiger partial charge in [-0.15, -0.1) is 0 Å². The minimum absolute atomic E-state index is 0.0116. The maximum atomic E-state index is 13.8. The highest BCUT2D eigenvalue weighted by molar-refractivity contribution is 6.30. The van der Waals surface area contributed by atoms with Crippen molar-refractivity contribution >= 4 is 11.6 Å². The molecular weight excluding hydrogens is 287 g/mol. The van der Waals surface area contributed by atoms with Crippen LogP contribution in [0, 0.1) is 12.7 Å². The molecule has 0 saturated heterocycles. The van der Waals surface area contributed by atoms with E-state index in [1.54, 1.807) is 12.1 Å². The molecule has 2 nitrogen and oxygen atoms in total. The maximum absolute atomic E-state index is 13.8. The zero-order chi connectivity index (χ0) is 15.2. The molecule has 0 amide bonds. The Kier molecular flexibility index (Phi) is 5.74. The van der Waals surface area contributed by atoms with E-state index in [9.17, 15) is 4.39 Å². The molecule has 0 radical (unpaired) electrons. The van der Waals surface area contributed by atoms with Gasteiger partial charge < -0.3 is 0 Å². The zero-order valence-corrected chi connectivity index (χ0v) is 12.8. The minimum atomic E-state index is -0.240. The van der Waals surface area contributed by atoms with Crippen LogP contribution in [-0.2, 0) is 12.8 Å². The van der Waals surface area contributed by atoms with Gasteiger partial charge in [0.1, 0.15) is 5.82 Å². The maximum Gasteiger partial charge on any atom is 0.126 e. The van der Waals surface area contributed by atoms with Gasteiger partial charge in [-0.25, -0.2) is 4.39 Å². The summed E-state index contributed by atoms with van der Waals surface area (Å²) in [6.07, 6.45) is 2.27. The Morgan fingerprint density at radius 3 is 2.67 bits per heavy atom. The molecule has 0 aliphatic rings. The fraction of sp³-hybridized carbons (Fsp3) is 0.294. The first-order valence-electron chi connectivity index (χ1n) is 7.04. The summed E-state index contributed by atoms with van der Waals surface area (Å²) in [7, 11) is 0. The Morgan fingerprint density at radius 1 is 1.19 bits per heavy atom. The lowest BCUT2D eigenvalue weighted by Crippen LogP contribution is -2.37. The van der Waals surface area contributed by atoms with Crippen molar-refractivity contribution in [3.8, 4) is 0 Å². The number of aryl methyl sites for hydroxylation is 2. The predicted molar refractivity (Wildman–Crippen MR) is 85.7 cm³/mol. The van der Waals surface area contributed by atoms with Crippen molar-refractivity contribution < 1.29 is 4.39 Å². The molecule has 0 aliphatic heterocycles. The zero-order valence-electron chi connectivity index (χ0n) is 12.1. The van der Waals surface area contributed by atoms with E-state index in [-0.39, 0.29) is 11.9 Å². The largest absolute Gasteiger partial charge is 0.271 e. The molecule has 0 fully saturated rings. The quantitative estimate of drug-likeness (QED) is 0.629. The molecule has 0 aliphatic carbocycles. The second-order valence-electron chi connectivity index (χ2n) is 5.27. The Bertz CT molecular complexity index is 601. The summed E-state index contributed by atoms with van der Waals surface area (Å²) in [6, 6.07) is 12.9. The summed E-state index contributed by atoms with van der Waals surface area (Å²) < 4.78 is 13.8. The van der Waals surface area contributed by atoms with Gasteiger partial charge in [-0.3, -0.25) is 11.3 Å². The minimum Gasteiger partial charge on any atom is -0.271 e. The van der Waals surface area contributed by atoms with E-state index >= 15 is 0 Å². The number of nitrogens with one attached hydrogen (secondary N) is 1. The molecule has 2 aromatic carbocycles. The van der Waals surface area contributed by atoms with Crippen LogP contribution in [0.1, 0.15) is 23.1 Å². The van der Waals surface area contributed by atoms with Crippen LogP contribution < -0.4 is 11.3 Å². The van der Waals surface area contributed by atoms with Crippen LogP contribution >= 0.6 is 11.6 Å². The predicted octanol–water partition coefficient (Wildman–Crippen LogP) is 3.79. The lowest BCUT2D eigenvalue weighted by molar-refractivity contribution is 0.480. The topological polar surface area (TPSA) is 38.0 Å². The molecule has 0 heterocycles. The highest BCUT2D eigenvalue weighted by atomic mass is 35.5. The van der Waals surface area contributed by atoms with E-state index in [1.807, 2.05) is 12.1 Å². The summed E-state index contributed by atoms with van der Waals surface area (Å²) in [5.74, 6) is 5.37. The Hall–Kier alpha value is -1.42. The van der Waals surface area contributed by atoms with Crippen molar-refractivity contribution in [2.45, 2.75) is 32.2 Å². The van der Waals surface area contributed by atoms with Gasteiger partial charge in [-0.1, -0.05) is 35.9 Å². The second kappa shape index (κ2) is 7.55. The van der Waals surface area contributed by atoms with Gasteiger partial charge in [0.2, 0.25) is 0 Å². The van der Waals surface area contributed by atoms with Crippen LogP contribution in [0.3, 0.4) is 0 Å². The summed E-state index contributed by atoms with van der Waals surface area (Å²) >= 11 is 5.92. The highest BCUT2D eigenvalue weighted by Crippen LogP contribution is 2.18. The molecule has 0 aromatic heterocycles. The van der Waals surface area contributed by atoms with E-state index in [1.165, 1.54) is 17.2 Å². The smallest absolute Gasteiger partial charge is 0.126 e. The molecule has 4 heteroatoms. The third-order valence-corrected chi connectivity index (χ3v) is 3.97. The van der Waals surface area contributed by atoms with Crippen molar-refractivity contribution in [2.24, 2.45) is 5.84 Å². The van der Waals surface area contributed by atoms with Crippen LogP contribution in [-0.4, -0.2) is 6.04 Å². The fourth-order valence-corrected chi connectivity index (χ4v) is 2.62. The number of hydrogen-bond acceptors (Lipinski definition) is 2. The Balaban J connectivity index is 2.00. The first-order valence-corrected chi connectivity index (χ1v) is 7.42. The fourth-order valence-electron chi connectivity index (χ4n) is 2.43. The molecule has 2 aromatic rings. The van der Waals surface area contributed by atoms with Gasteiger partial charge in [-0.2, -0.15) is 0 Å². The summed E-state index contributed by atoms with van der Waals surface area (Å²) in [5.41, 5.74) is 5.93. The first-order chi connectivity index (χ1) is 10.1. The van der Waals surface area contributed by atoms with Crippen molar-refractivity contribution in [1.29, 1.82) is 0 Å². The lowest BCUT2D eigenvalue weighted by atomic mass is 9.97. The van der Waals surface area contributed by atoms with E-state index in [0.29, 0.717) is 17.0 Å². The van der Waals surface area contributed by atoms with Crippen LogP contribution in [0.5, 0.6) is 0 Å². The van der Waals surface area contributed by atoms with Crippen molar-refractivity contribution in [3.63, 3.8) is 0 Å². The molecule has 3 N–H and O–H groups in total. The number of rotatable bonds is 6. The van der Waals surface area contributed by atoms with Gasteiger partial charge >= 0.3 is 0 Å². The summed E-state index contributed by atoms with van der Waals surface area (Å²) in [5, 5.41) is 0.543. The average Bonchev–Trinajstić information content (AvgIpc) is 2.48. The second-order valence-corrected chi connectivity index (χ2v) is 5.71. The molecule has 2 rings (SSSR count). The summed E-state index contributed by atoms with van der Waals surface area (Å²) in [4.78, 5) is 0. The number of halogens is 2. The Labute approximate surface area is 130 Å². The van der Waals surface area contributed by atoms with E-state index in [4.69, 9.17) is 17.4 Å². The van der Waals surface area contributed by atoms with Gasteiger partial charge in [-0.05, 0) is 61.1 Å². The molecule has 21 heavy (non-hydrogen) atoms. The molecule has 1 unspecified atom stereocenters. The van der Waals surface area contributed by atoms with Crippen LogP contribution in [0.15, 0.2) is 42.5 Å². The molecular formula is C17H20ClFN2. The summed E-state index contributed by atoms with van der Waals surface area (Å²) in [6.45, 7) is 2.09. The van der Waals surface area contributed by atoms with E-state index in [0.717, 1.165) is 12.8 Å². The average molecular weight is 307 g/mol. The van der Waals surface area contributed by atoms with E-state index in [2.05, 4.69) is 24.5 Å². The van der Waals surface area contributed by atoms with Crippen molar-refractivity contribution in [2.75, 3.05) is 0 Å². The molecule has 112 valence electrons. The number of hydrazine groups is 1. The number of hydrogen-bond donors (Lipinski definition) is 2. The number of nitrogens with two attached hydrogens (primary N) is 1. The van der Waals surface area contributed by atoms with Gasteiger partial charge in [0.15, 0.2) is 0 Å². The third kappa shape index (κ3) is 4.53. The SMILES string of the molecule is Cc1ccccc1CCC(Cc1cc(Cl)ccc1F)NN. The molecule has 0 spiro atoms. The van der Waals surface area contributed by atoms with Gasteiger partial charge in [0.05, 0.1) is 0 Å². The molecule has 1 atom stereocenters. The Morgan fingerprint density at radius 2 is 1.95 bits per heavy atom. The van der Waals surface area contributed by atoms with Crippen molar-refractivity contribution in [3.05, 3.63) is 70.0 Å². The van der Waals surface area contributed by atoms with Crippen molar-refractivity contribution in [1.82, 2.24) is 5.43 Å². The highest BCUT2D eigenvalue weighted by Gasteiger charge is 2.12. The van der Waals surface area contributed by atoms with Crippen LogP contribution in [0.4, 0.5) is 4.39 Å². The molecule has 0 saturated carbocycles. The van der Waals surface area contributed by atoms with E-state index < -0.39 is 0 Å². The van der Waals surface area contributed by atoms with Crippen LogP contribution in [0.2, 0.25) is 5.02 Å².